The van der Waals surface area contributed by atoms with Crippen LogP contribution in [0.1, 0.15) is 43.5 Å². The molecule has 1 saturated carbocycles. The molecule has 2 N–H and O–H groups in total. The number of hydrogen-bond acceptors (Lipinski definition) is 4. The summed E-state index contributed by atoms with van der Waals surface area (Å²) >= 11 is 0. The molecule has 0 spiro atoms. The van der Waals surface area contributed by atoms with E-state index in [-0.39, 0.29) is 24.3 Å². The highest BCUT2D eigenvalue weighted by Gasteiger charge is 2.28. The lowest BCUT2D eigenvalue weighted by Crippen LogP contribution is -2.45. The van der Waals surface area contributed by atoms with E-state index in [9.17, 15) is 9.59 Å². The molecule has 0 aromatic heterocycles. The number of nitrogens with one attached hydrogen (secondary N) is 1. The van der Waals surface area contributed by atoms with E-state index in [0.717, 1.165) is 12.8 Å². The van der Waals surface area contributed by atoms with Crippen molar-refractivity contribution in [3.05, 3.63) is 29.8 Å². The van der Waals surface area contributed by atoms with E-state index in [1.54, 1.807) is 0 Å². The monoisotopic (exact) mass is 305 g/mol. The zero-order valence-corrected chi connectivity index (χ0v) is 13.0. The van der Waals surface area contributed by atoms with Crippen molar-refractivity contribution in [1.82, 2.24) is 5.32 Å². The average Bonchev–Trinajstić information content (AvgIpc) is 2.50. The van der Waals surface area contributed by atoms with E-state index in [1.807, 2.05) is 0 Å². The average molecular weight is 305 g/mol. The van der Waals surface area contributed by atoms with Gasteiger partial charge in [0.1, 0.15) is 5.75 Å². The van der Waals surface area contributed by atoms with E-state index in [2.05, 4.69) is 19.2 Å². The fourth-order valence-electron chi connectivity index (χ4n) is 2.85. The number of aromatic hydroxyl groups is 1. The number of phenols is 1. The van der Waals surface area contributed by atoms with Crippen molar-refractivity contribution >= 4 is 11.9 Å². The lowest BCUT2D eigenvalue weighted by atomic mass is 9.78. The molecule has 0 unspecified atom stereocenters. The molecule has 0 bridgehead atoms. The Balaban J connectivity index is 1.80. The first-order valence-corrected chi connectivity index (χ1v) is 7.73. The highest BCUT2D eigenvalue weighted by molar-refractivity contribution is 5.91. The summed E-state index contributed by atoms with van der Waals surface area (Å²) in [5.41, 5.74) is 0.310. The van der Waals surface area contributed by atoms with E-state index >= 15 is 0 Å². The van der Waals surface area contributed by atoms with Crippen LogP contribution >= 0.6 is 0 Å². The number of carbonyl (C=O) groups is 2. The molecule has 1 aliphatic carbocycles. The van der Waals surface area contributed by atoms with Crippen LogP contribution in [0.25, 0.3) is 0 Å². The molecule has 5 nitrogen and oxygen atoms in total. The summed E-state index contributed by atoms with van der Waals surface area (Å²) in [6.45, 7) is 4.07. The van der Waals surface area contributed by atoms with Crippen molar-refractivity contribution in [2.75, 3.05) is 6.61 Å². The van der Waals surface area contributed by atoms with Crippen LogP contribution in [0.5, 0.6) is 5.75 Å². The summed E-state index contributed by atoms with van der Waals surface area (Å²) in [6, 6.07) is 5.88. The number of amides is 1. The molecule has 0 heterocycles. The summed E-state index contributed by atoms with van der Waals surface area (Å²) < 4.78 is 5.00. The maximum Gasteiger partial charge on any atom is 0.338 e. The number of ether oxygens (including phenoxy) is 1. The number of hydrogen-bond donors (Lipinski definition) is 2. The van der Waals surface area contributed by atoms with Crippen LogP contribution in [-0.2, 0) is 9.53 Å². The minimum Gasteiger partial charge on any atom is -0.508 e. The van der Waals surface area contributed by atoms with Crippen molar-refractivity contribution in [3.63, 3.8) is 0 Å². The topological polar surface area (TPSA) is 75.6 Å². The molecule has 22 heavy (non-hydrogen) atoms. The molecule has 1 fully saturated rings. The van der Waals surface area contributed by atoms with Gasteiger partial charge in [0.15, 0.2) is 6.61 Å². The van der Waals surface area contributed by atoms with Gasteiger partial charge in [0.05, 0.1) is 5.56 Å². The van der Waals surface area contributed by atoms with Crippen molar-refractivity contribution in [3.8, 4) is 5.75 Å². The van der Waals surface area contributed by atoms with Crippen molar-refractivity contribution < 1.29 is 19.4 Å². The molecular weight excluding hydrogens is 282 g/mol. The number of esters is 1. The molecule has 120 valence electrons. The number of rotatable bonds is 4. The molecular formula is C17H23NO4. The minimum atomic E-state index is -0.569. The lowest BCUT2D eigenvalue weighted by Gasteiger charge is -2.34. The summed E-state index contributed by atoms with van der Waals surface area (Å²) in [7, 11) is 0. The predicted octanol–water partition coefficient (Wildman–Crippen LogP) is 2.49. The Morgan fingerprint density at radius 2 is 1.91 bits per heavy atom. The Morgan fingerprint density at radius 3 is 2.59 bits per heavy atom. The quantitative estimate of drug-likeness (QED) is 0.838. The third-order valence-corrected chi connectivity index (χ3v) is 4.49. The van der Waals surface area contributed by atoms with Gasteiger partial charge in [-0.3, -0.25) is 4.79 Å². The van der Waals surface area contributed by atoms with Gasteiger partial charge in [-0.25, -0.2) is 4.79 Å². The highest BCUT2D eigenvalue weighted by atomic mass is 16.5. The molecule has 2 rings (SSSR count). The first-order valence-electron chi connectivity index (χ1n) is 7.73. The second-order valence-electron chi connectivity index (χ2n) is 6.06. The second kappa shape index (κ2) is 7.29. The third-order valence-electron chi connectivity index (χ3n) is 4.49. The van der Waals surface area contributed by atoms with Crippen LogP contribution in [0, 0.1) is 11.8 Å². The van der Waals surface area contributed by atoms with E-state index in [0.29, 0.717) is 17.4 Å². The number of phenolic OH excluding ortho intramolecular Hbond substituents is 1. The summed E-state index contributed by atoms with van der Waals surface area (Å²) in [5.74, 6) is 0.275. The van der Waals surface area contributed by atoms with Crippen LogP contribution in [-0.4, -0.2) is 29.6 Å². The van der Waals surface area contributed by atoms with Crippen molar-refractivity contribution in [2.45, 2.75) is 39.2 Å². The number of carbonyl (C=O) groups excluding carboxylic acids is 2. The number of benzene rings is 1. The Kier molecular flexibility index (Phi) is 5.41. The summed E-state index contributed by atoms with van der Waals surface area (Å²) in [5, 5.41) is 12.1. The van der Waals surface area contributed by atoms with E-state index in [4.69, 9.17) is 9.84 Å². The van der Waals surface area contributed by atoms with Crippen LogP contribution in [0.2, 0.25) is 0 Å². The largest absolute Gasteiger partial charge is 0.508 e. The first-order chi connectivity index (χ1) is 10.5. The van der Waals surface area contributed by atoms with Gasteiger partial charge >= 0.3 is 5.97 Å². The molecule has 0 aliphatic heterocycles. The van der Waals surface area contributed by atoms with Gasteiger partial charge in [-0.2, -0.15) is 0 Å². The Morgan fingerprint density at radius 1 is 1.23 bits per heavy atom. The Hall–Kier alpha value is -2.04. The van der Waals surface area contributed by atoms with Gasteiger partial charge in [0.2, 0.25) is 0 Å². The van der Waals surface area contributed by atoms with E-state index in [1.165, 1.54) is 30.7 Å². The minimum absolute atomic E-state index is 0.0784. The molecule has 1 aromatic rings. The molecule has 1 amide bonds. The van der Waals surface area contributed by atoms with Crippen LogP contribution < -0.4 is 5.32 Å². The van der Waals surface area contributed by atoms with Crippen molar-refractivity contribution in [2.24, 2.45) is 11.8 Å². The fourth-order valence-corrected chi connectivity index (χ4v) is 2.85. The van der Waals surface area contributed by atoms with Gasteiger partial charge in [-0.15, -0.1) is 0 Å². The Labute approximate surface area is 130 Å². The van der Waals surface area contributed by atoms with Gasteiger partial charge in [0, 0.05) is 6.04 Å². The van der Waals surface area contributed by atoms with E-state index < -0.39 is 5.97 Å². The molecule has 0 radical (unpaired) electrons. The van der Waals surface area contributed by atoms with Gasteiger partial charge in [-0.05, 0) is 42.5 Å². The van der Waals surface area contributed by atoms with Gasteiger partial charge in [0.25, 0.3) is 5.91 Å². The maximum absolute atomic E-state index is 11.9. The molecule has 0 saturated heterocycles. The molecule has 1 aliphatic rings. The highest BCUT2D eigenvalue weighted by Crippen LogP contribution is 2.29. The predicted molar refractivity (Wildman–Crippen MR) is 82.5 cm³/mol. The van der Waals surface area contributed by atoms with Crippen LogP contribution in [0.15, 0.2) is 24.3 Å². The third kappa shape index (κ3) is 4.23. The summed E-state index contributed by atoms with van der Waals surface area (Å²) in [4.78, 5) is 23.7. The summed E-state index contributed by atoms with van der Waals surface area (Å²) in [6.07, 6.45) is 3.29. The fraction of sp³-hybridized carbons (Fsp3) is 0.529. The second-order valence-corrected chi connectivity index (χ2v) is 6.06. The van der Waals surface area contributed by atoms with Gasteiger partial charge in [-0.1, -0.05) is 26.7 Å². The van der Waals surface area contributed by atoms with Crippen molar-refractivity contribution in [1.29, 1.82) is 0 Å². The molecule has 3 atom stereocenters. The Bertz CT molecular complexity index is 526. The van der Waals surface area contributed by atoms with Crippen LogP contribution in [0.3, 0.4) is 0 Å². The maximum atomic E-state index is 11.9. The SMILES string of the molecule is C[C@@H]1[C@H](C)CCC[C@H]1NC(=O)COC(=O)c1ccc(O)cc1. The zero-order chi connectivity index (χ0) is 16.1. The standard InChI is InChI=1S/C17H23NO4/c1-11-4-3-5-15(12(11)2)18-16(20)10-22-17(21)13-6-8-14(19)9-7-13/h6-9,11-12,15,19H,3-5,10H2,1-2H3,(H,18,20)/t11-,12-,15-/m1/s1. The van der Waals surface area contributed by atoms with Crippen LogP contribution in [0.4, 0.5) is 0 Å². The smallest absolute Gasteiger partial charge is 0.338 e. The zero-order valence-electron chi connectivity index (χ0n) is 13.0. The first kappa shape index (κ1) is 16.3. The normalized spacial score (nSPS) is 24.5. The van der Waals surface area contributed by atoms with Gasteiger partial charge < -0.3 is 15.2 Å². The molecule has 1 aromatic carbocycles. The lowest BCUT2D eigenvalue weighted by molar-refractivity contribution is -0.125. The molecule has 5 heteroatoms.